The van der Waals surface area contributed by atoms with Crippen LogP contribution in [0.25, 0.3) is 11.0 Å². The van der Waals surface area contributed by atoms with E-state index in [1.165, 1.54) is 37.1 Å². The van der Waals surface area contributed by atoms with Gasteiger partial charge in [0.15, 0.2) is 5.75 Å². The number of aromatic hydroxyl groups is 1. The van der Waals surface area contributed by atoms with Crippen LogP contribution in [-0.2, 0) is 29.4 Å². The highest BCUT2D eigenvalue weighted by Crippen LogP contribution is 2.26. The fraction of sp³-hybridized carbons (Fsp3) is 0.407. The quantitative estimate of drug-likeness (QED) is 0.277. The van der Waals surface area contributed by atoms with Crippen LogP contribution in [0.4, 0.5) is 4.39 Å². The molecular weight excluding hydrogens is 495 g/mol. The van der Waals surface area contributed by atoms with E-state index < -0.39 is 34.1 Å². The average Bonchev–Trinajstić information content (AvgIpc) is 2.87. The SMILES string of the molecule is COCCNC(=O)c1c(O)c2ncc(Cc3ccc(F)cc3CCC(=O)NC(C)(C)CO)cc2n(C)c1=O. The number of benzene rings is 1. The Hall–Kier alpha value is -3.83. The molecule has 10 nitrogen and oxygen atoms in total. The van der Waals surface area contributed by atoms with Gasteiger partial charge in [-0.1, -0.05) is 6.07 Å². The molecule has 2 heterocycles. The van der Waals surface area contributed by atoms with Crippen LogP contribution >= 0.6 is 0 Å². The summed E-state index contributed by atoms with van der Waals surface area (Å²) in [6, 6.07) is 6.02. The zero-order chi connectivity index (χ0) is 28.0. The molecule has 2 aromatic heterocycles. The molecule has 0 unspecified atom stereocenters. The third kappa shape index (κ3) is 6.73. The highest BCUT2D eigenvalue weighted by molar-refractivity contribution is 6.01. The summed E-state index contributed by atoms with van der Waals surface area (Å²) in [5, 5.41) is 25.3. The Bertz CT molecular complexity index is 1400. The summed E-state index contributed by atoms with van der Waals surface area (Å²) in [6.45, 7) is 3.61. The van der Waals surface area contributed by atoms with E-state index in [1.807, 2.05) is 0 Å². The van der Waals surface area contributed by atoms with Gasteiger partial charge in [0, 0.05) is 33.3 Å². The van der Waals surface area contributed by atoms with Gasteiger partial charge in [0.2, 0.25) is 5.91 Å². The molecule has 2 amide bonds. The summed E-state index contributed by atoms with van der Waals surface area (Å²) in [4.78, 5) is 42.0. The van der Waals surface area contributed by atoms with Crippen LogP contribution in [0.1, 0.15) is 47.3 Å². The van der Waals surface area contributed by atoms with Crippen LogP contribution < -0.4 is 16.2 Å². The summed E-state index contributed by atoms with van der Waals surface area (Å²) >= 11 is 0. The first kappa shape index (κ1) is 28.7. The molecule has 0 aliphatic carbocycles. The topological polar surface area (TPSA) is 143 Å². The van der Waals surface area contributed by atoms with E-state index in [-0.39, 0.29) is 44.0 Å². The number of aryl methyl sites for hydroxylation is 2. The van der Waals surface area contributed by atoms with Crippen molar-refractivity contribution in [3.8, 4) is 5.75 Å². The first-order valence-corrected chi connectivity index (χ1v) is 12.1. The maximum Gasteiger partial charge on any atom is 0.267 e. The van der Waals surface area contributed by atoms with Gasteiger partial charge in [-0.25, -0.2) is 4.39 Å². The summed E-state index contributed by atoms with van der Waals surface area (Å²) in [7, 11) is 2.96. The second-order valence-corrected chi connectivity index (χ2v) is 9.73. The maximum atomic E-state index is 14.0. The molecule has 0 aliphatic heterocycles. The Morgan fingerprint density at radius 3 is 2.63 bits per heavy atom. The maximum absolute atomic E-state index is 14.0. The van der Waals surface area contributed by atoms with Crippen molar-refractivity contribution >= 4 is 22.8 Å². The zero-order valence-electron chi connectivity index (χ0n) is 21.9. The summed E-state index contributed by atoms with van der Waals surface area (Å²) < 4.78 is 20.2. The van der Waals surface area contributed by atoms with E-state index in [9.17, 15) is 29.0 Å². The number of methoxy groups -OCH3 is 1. The van der Waals surface area contributed by atoms with Crippen LogP contribution in [0.3, 0.4) is 0 Å². The molecule has 0 bridgehead atoms. The molecule has 0 aliphatic rings. The molecule has 0 fully saturated rings. The van der Waals surface area contributed by atoms with E-state index in [0.717, 1.165) is 5.56 Å². The lowest BCUT2D eigenvalue weighted by atomic mass is 9.96. The van der Waals surface area contributed by atoms with Crippen molar-refractivity contribution in [2.75, 3.05) is 26.9 Å². The minimum Gasteiger partial charge on any atom is -0.505 e. The first-order valence-electron chi connectivity index (χ1n) is 12.1. The number of hydrogen-bond acceptors (Lipinski definition) is 7. The Labute approximate surface area is 219 Å². The molecule has 0 radical (unpaired) electrons. The van der Waals surface area contributed by atoms with E-state index >= 15 is 0 Å². The number of nitrogens with zero attached hydrogens (tertiary/aromatic N) is 2. The van der Waals surface area contributed by atoms with Gasteiger partial charge in [0.05, 0.1) is 24.3 Å². The van der Waals surface area contributed by atoms with Crippen molar-refractivity contribution in [2.45, 2.75) is 38.6 Å². The van der Waals surface area contributed by atoms with E-state index in [0.29, 0.717) is 23.1 Å². The van der Waals surface area contributed by atoms with Crippen LogP contribution in [0.5, 0.6) is 5.75 Å². The van der Waals surface area contributed by atoms with Gasteiger partial charge in [0.1, 0.15) is 16.9 Å². The summed E-state index contributed by atoms with van der Waals surface area (Å²) in [6.07, 6.45) is 2.23. The zero-order valence-corrected chi connectivity index (χ0v) is 21.9. The number of rotatable bonds is 11. The molecule has 0 saturated carbocycles. The highest BCUT2D eigenvalue weighted by Gasteiger charge is 2.22. The fourth-order valence-electron chi connectivity index (χ4n) is 4.03. The highest BCUT2D eigenvalue weighted by atomic mass is 19.1. The average molecular weight is 529 g/mol. The van der Waals surface area contributed by atoms with Crippen molar-refractivity contribution < 1.29 is 28.9 Å². The largest absolute Gasteiger partial charge is 0.505 e. The molecule has 4 N–H and O–H groups in total. The number of pyridine rings is 2. The van der Waals surface area contributed by atoms with Crippen molar-refractivity contribution in [1.29, 1.82) is 0 Å². The van der Waals surface area contributed by atoms with Gasteiger partial charge >= 0.3 is 0 Å². The molecule has 11 heteroatoms. The minimum atomic E-state index is -0.759. The molecule has 0 spiro atoms. The van der Waals surface area contributed by atoms with E-state index in [1.54, 1.807) is 26.0 Å². The molecule has 204 valence electrons. The second-order valence-electron chi connectivity index (χ2n) is 9.73. The number of fused-ring (bicyclic) bond motifs is 1. The fourth-order valence-corrected chi connectivity index (χ4v) is 4.03. The normalized spacial score (nSPS) is 11.5. The van der Waals surface area contributed by atoms with E-state index in [4.69, 9.17) is 4.74 Å². The number of halogens is 1. The van der Waals surface area contributed by atoms with Crippen molar-refractivity contribution in [3.05, 3.63) is 68.9 Å². The number of aliphatic hydroxyl groups excluding tert-OH is 1. The van der Waals surface area contributed by atoms with Gasteiger partial charge in [-0.15, -0.1) is 0 Å². The molecule has 1 aromatic carbocycles. The predicted molar refractivity (Wildman–Crippen MR) is 140 cm³/mol. The van der Waals surface area contributed by atoms with Gasteiger partial charge in [0.25, 0.3) is 11.5 Å². The Morgan fingerprint density at radius 1 is 1.21 bits per heavy atom. The second kappa shape index (κ2) is 12.1. The van der Waals surface area contributed by atoms with Gasteiger partial charge < -0.3 is 30.2 Å². The lowest BCUT2D eigenvalue weighted by Gasteiger charge is -2.23. The van der Waals surface area contributed by atoms with Gasteiger partial charge in [-0.3, -0.25) is 19.4 Å². The molecule has 0 atom stereocenters. The lowest BCUT2D eigenvalue weighted by molar-refractivity contribution is -0.123. The Balaban J connectivity index is 1.88. The third-order valence-electron chi connectivity index (χ3n) is 6.14. The third-order valence-corrected chi connectivity index (χ3v) is 6.14. The number of aliphatic hydroxyl groups is 1. The smallest absolute Gasteiger partial charge is 0.267 e. The summed E-state index contributed by atoms with van der Waals surface area (Å²) in [5.74, 6) is -1.93. The van der Waals surface area contributed by atoms with Crippen molar-refractivity contribution in [1.82, 2.24) is 20.2 Å². The minimum absolute atomic E-state index is 0.0928. The van der Waals surface area contributed by atoms with Gasteiger partial charge in [-0.2, -0.15) is 0 Å². The molecule has 38 heavy (non-hydrogen) atoms. The van der Waals surface area contributed by atoms with Crippen LogP contribution in [0, 0.1) is 5.82 Å². The Kier molecular flexibility index (Phi) is 9.18. The molecule has 0 saturated heterocycles. The molecule has 3 rings (SSSR count). The van der Waals surface area contributed by atoms with Crippen LogP contribution in [0.2, 0.25) is 0 Å². The Morgan fingerprint density at radius 2 is 1.95 bits per heavy atom. The van der Waals surface area contributed by atoms with Crippen molar-refractivity contribution in [3.63, 3.8) is 0 Å². The number of carbonyl (C=O) groups is 2. The molecular formula is C27H33FN4O6. The number of carbonyl (C=O) groups excluding carboxylic acids is 2. The van der Waals surface area contributed by atoms with Crippen LogP contribution in [-0.4, -0.2) is 64.0 Å². The monoisotopic (exact) mass is 528 g/mol. The first-order chi connectivity index (χ1) is 18.0. The lowest BCUT2D eigenvalue weighted by Crippen LogP contribution is -2.46. The number of hydrogen-bond donors (Lipinski definition) is 4. The van der Waals surface area contributed by atoms with E-state index in [2.05, 4.69) is 15.6 Å². The number of nitrogens with one attached hydrogen (secondary N) is 2. The number of ether oxygens (including phenoxy) is 1. The number of amides is 2. The van der Waals surface area contributed by atoms with Crippen LogP contribution in [0.15, 0.2) is 35.3 Å². The summed E-state index contributed by atoms with van der Waals surface area (Å²) in [5.41, 5.74) is 0.672. The molecule has 3 aromatic rings. The standard InChI is InChI=1S/C27H33FN4O6/c1-27(2,15-33)31-21(34)8-6-18-13-19(28)7-5-17(18)11-16-12-20-23(30-14-16)24(35)22(26(37)32(20)3)25(36)29-9-10-38-4/h5,7,12-14,33,35H,6,8-11,15H2,1-4H3,(H,29,36)(H,31,34). The number of aromatic nitrogens is 2. The van der Waals surface area contributed by atoms with Gasteiger partial charge in [-0.05, 0) is 61.6 Å². The van der Waals surface area contributed by atoms with Crippen molar-refractivity contribution in [2.24, 2.45) is 7.05 Å². The predicted octanol–water partition coefficient (Wildman–Crippen LogP) is 1.56.